The van der Waals surface area contributed by atoms with E-state index in [1.807, 2.05) is 90.5 Å². The number of hydrogen-bond acceptors (Lipinski definition) is 4. The third-order valence-corrected chi connectivity index (χ3v) is 8.19. The van der Waals surface area contributed by atoms with Crippen LogP contribution in [0.2, 0.25) is 0 Å². The first-order chi connectivity index (χ1) is 18.0. The zero-order valence-electron chi connectivity index (χ0n) is 21.5. The number of rotatable bonds is 8. The summed E-state index contributed by atoms with van der Waals surface area (Å²) in [5.41, 5.74) is 2.06. The summed E-state index contributed by atoms with van der Waals surface area (Å²) in [6.45, 7) is 3.50. The van der Waals surface area contributed by atoms with Crippen molar-refractivity contribution in [1.82, 2.24) is 9.80 Å². The van der Waals surface area contributed by atoms with Gasteiger partial charge in [-0.05, 0) is 54.7 Å². The van der Waals surface area contributed by atoms with Crippen LogP contribution in [0.25, 0.3) is 10.8 Å². The topological polar surface area (TPSA) is 53.0 Å². The minimum Gasteiger partial charge on any atom is -0.354 e. The second-order valence-corrected chi connectivity index (χ2v) is 10.3. The summed E-state index contributed by atoms with van der Waals surface area (Å²) >= 11 is 1.44. The summed E-state index contributed by atoms with van der Waals surface area (Å²) in [6, 6.07) is 21.8. The van der Waals surface area contributed by atoms with Gasteiger partial charge in [0.2, 0.25) is 5.91 Å². The quantitative estimate of drug-likeness (QED) is 0.151. The van der Waals surface area contributed by atoms with Crippen molar-refractivity contribution in [2.24, 2.45) is 4.99 Å². The molecule has 0 saturated carbocycles. The Morgan fingerprint density at radius 3 is 2.57 bits per heavy atom. The van der Waals surface area contributed by atoms with Crippen LogP contribution in [0.5, 0.6) is 0 Å². The van der Waals surface area contributed by atoms with Gasteiger partial charge in [-0.3, -0.25) is 9.59 Å². The molecule has 37 heavy (non-hydrogen) atoms. The monoisotopic (exact) mass is 511 g/mol. The zero-order chi connectivity index (χ0) is 26.2. The molecule has 3 aromatic carbocycles. The highest BCUT2D eigenvalue weighted by atomic mass is 32.2. The summed E-state index contributed by atoms with van der Waals surface area (Å²) in [5, 5.41) is 2.24. The Bertz CT molecular complexity index is 1320. The third-order valence-electron chi connectivity index (χ3n) is 6.87. The molecule has 0 radical (unpaired) electrons. The van der Waals surface area contributed by atoms with Crippen LogP contribution in [0.1, 0.15) is 53.8 Å². The molecular formula is C31H33N3O2S. The molecule has 1 saturated heterocycles. The molecule has 4 rings (SSSR count). The Morgan fingerprint density at radius 1 is 1.19 bits per heavy atom. The van der Waals surface area contributed by atoms with Crippen LogP contribution in [-0.2, 0) is 4.79 Å². The number of fused-ring (bicyclic) bond motifs is 1. The highest BCUT2D eigenvalue weighted by Gasteiger charge is 2.35. The average Bonchev–Trinajstić information content (AvgIpc) is 3.42. The van der Waals surface area contributed by atoms with E-state index in [1.54, 1.807) is 0 Å². The minimum atomic E-state index is -0.458. The molecule has 0 N–H and O–H groups in total. The van der Waals surface area contributed by atoms with Crippen LogP contribution in [0.3, 0.4) is 0 Å². The fourth-order valence-corrected chi connectivity index (χ4v) is 5.90. The predicted octanol–water partition coefficient (Wildman–Crippen LogP) is 6.47. The van der Waals surface area contributed by atoms with Crippen LogP contribution in [0.15, 0.2) is 71.7 Å². The van der Waals surface area contributed by atoms with Crippen molar-refractivity contribution < 1.29 is 9.59 Å². The van der Waals surface area contributed by atoms with E-state index in [9.17, 15) is 9.59 Å². The minimum absolute atomic E-state index is 0.0852. The Labute approximate surface area is 223 Å². The van der Waals surface area contributed by atoms with Gasteiger partial charge >= 0.3 is 0 Å². The fourth-order valence-electron chi connectivity index (χ4n) is 4.70. The van der Waals surface area contributed by atoms with Gasteiger partial charge in [0.15, 0.2) is 11.5 Å². The summed E-state index contributed by atoms with van der Waals surface area (Å²) in [6.07, 6.45) is 9.83. The maximum atomic E-state index is 14.0. The number of amidine groups is 1. The van der Waals surface area contributed by atoms with E-state index in [4.69, 9.17) is 11.4 Å². The third kappa shape index (κ3) is 6.23. The molecule has 1 aliphatic heterocycles. The van der Waals surface area contributed by atoms with Gasteiger partial charge in [0.1, 0.15) is 5.25 Å². The second-order valence-electron chi connectivity index (χ2n) is 9.26. The molecule has 0 bridgehead atoms. The number of thioether (sulfide) groups is 1. The first kappa shape index (κ1) is 26.5. The summed E-state index contributed by atoms with van der Waals surface area (Å²) in [7, 11) is 1.96. The molecule has 1 heterocycles. The van der Waals surface area contributed by atoms with Crippen LogP contribution in [0, 0.1) is 12.3 Å². The van der Waals surface area contributed by atoms with Crippen molar-refractivity contribution in [3.8, 4) is 12.3 Å². The number of aliphatic imine (C=N–C) groups is 1. The molecule has 3 aromatic rings. The molecule has 0 aliphatic carbocycles. The van der Waals surface area contributed by atoms with Crippen LogP contribution < -0.4 is 0 Å². The van der Waals surface area contributed by atoms with E-state index in [2.05, 4.69) is 5.92 Å². The van der Waals surface area contributed by atoms with Crippen LogP contribution in [0.4, 0.5) is 5.69 Å². The summed E-state index contributed by atoms with van der Waals surface area (Å²) in [5.74, 6) is 2.81. The van der Waals surface area contributed by atoms with Gasteiger partial charge in [-0.15, -0.1) is 12.3 Å². The maximum absolute atomic E-state index is 14.0. The van der Waals surface area contributed by atoms with Gasteiger partial charge < -0.3 is 9.80 Å². The molecule has 0 spiro atoms. The first-order valence-electron chi connectivity index (χ1n) is 12.8. The van der Waals surface area contributed by atoms with Gasteiger partial charge in [-0.1, -0.05) is 66.4 Å². The summed E-state index contributed by atoms with van der Waals surface area (Å²) in [4.78, 5) is 35.0. The molecule has 1 aliphatic rings. The number of aldehydes is 1. The molecular weight excluding hydrogens is 478 g/mol. The lowest BCUT2D eigenvalue weighted by Crippen LogP contribution is -2.39. The highest BCUT2D eigenvalue weighted by molar-refractivity contribution is 8.14. The Hall–Kier alpha value is -3.56. The SMILES string of the molecule is C#CCCC1CCCN1C(=O)C(SC(=Nc1cc2ccccc2cc1C=O)N(C)CC)c1ccccc1. The molecule has 2 unspecified atom stereocenters. The number of nitrogens with zero attached hydrogens (tertiary/aromatic N) is 3. The summed E-state index contributed by atoms with van der Waals surface area (Å²) < 4.78 is 0. The number of carbonyl (C=O) groups excluding carboxylic acids is 2. The van der Waals surface area contributed by atoms with Crippen molar-refractivity contribution in [1.29, 1.82) is 0 Å². The van der Waals surface area contributed by atoms with E-state index < -0.39 is 5.25 Å². The van der Waals surface area contributed by atoms with E-state index in [-0.39, 0.29) is 11.9 Å². The van der Waals surface area contributed by atoms with Crippen molar-refractivity contribution in [3.05, 3.63) is 77.9 Å². The number of hydrogen-bond donors (Lipinski definition) is 0. The van der Waals surface area contributed by atoms with Crippen molar-refractivity contribution in [3.63, 3.8) is 0 Å². The Balaban J connectivity index is 1.74. The smallest absolute Gasteiger partial charge is 0.240 e. The van der Waals surface area contributed by atoms with E-state index in [0.29, 0.717) is 29.4 Å². The normalized spacial score (nSPS) is 16.4. The van der Waals surface area contributed by atoms with Crippen LogP contribution >= 0.6 is 11.8 Å². The zero-order valence-corrected chi connectivity index (χ0v) is 22.3. The van der Waals surface area contributed by atoms with Gasteiger partial charge in [0.05, 0.1) is 5.69 Å². The molecule has 5 nitrogen and oxygen atoms in total. The molecule has 0 aromatic heterocycles. The molecule has 6 heteroatoms. The van der Waals surface area contributed by atoms with Gasteiger partial charge in [0.25, 0.3) is 0 Å². The van der Waals surface area contributed by atoms with E-state index in [1.165, 1.54) is 11.8 Å². The lowest BCUT2D eigenvalue weighted by molar-refractivity contribution is -0.131. The Kier molecular flexibility index (Phi) is 9.03. The Morgan fingerprint density at radius 2 is 1.89 bits per heavy atom. The predicted molar refractivity (Wildman–Crippen MR) is 154 cm³/mol. The number of benzene rings is 3. The highest BCUT2D eigenvalue weighted by Crippen LogP contribution is 2.37. The van der Waals surface area contributed by atoms with E-state index >= 15 is 0 Å². The van der Waals surface area contributed by atoms with Crippen LogP contribution in [-0.4, -0.2) is 53.3 Å². The molecule has 190 valence electrons. The lowest BCUT2D eigenvalue weighted by atomic mass is 10.1. The molecule has 2 atom stereocenters. The molecule has 1 amide bonds. The fraction of sp³-hybridized carbons (Fsp3) is 0.323. The lowest BCUT2D eigenvalue weighted by Gasteiger charge is -2.30. The number of likely N-dealkylation sites (tertiary alicyclic amines) is 1. The van der Waals surface area contributed by atoms with Gasteiger partial charge in [-0.2, -0.15) is 0 Å². The largest absolute Gasteiger partial charge is 0.354 e. The second kappa shape index (κ2) is 12.6. The van der Waals surface area contributed by atoms with Crippen molar-refractivity contribution >= 4 is 45.6 Å². The van der Waals surface area contributed by atoms with Crippen molar-refractivity contribution in [2.45, 2.75) is 43.9 Å². The number of amides is 1. The average molecular weight is 512 g/mol. The molecule has 1 fully saturated rings. The number of terminal acetylenes is 1. The van der Waals surface area contributed by atoms with Gasteiger partial charge in [-0.25, -0.2) is 4.99 Å². The number of carbonyl (C=O) groups is 2. The van der Waals surface area contributed by atoms with E-state index in [0.717, 1.165) is 48.4 Å². The first-order valence-corrected chi connectivity index (χ1v) is 13.7. The van der Waals surface area contributed by atoms with Gasteiger partial charge in [0, 0.05) is 38.2 Å². The van der Waals surface area contributed by atoms with Crippen molar-refractivity contribution in [2.75, 3.05) is 20.1 Å². The standard InChI is InChI=1S/C31H33N3O2S/c1-4-6-17-27-18-12-19-34(27)30(36)29(23-13-8-7-9-14-23)37-31(33(3)5-2)32-28-21-25-16-11-10-15-24(25)20-26(28)22-35/h1,7-11,13-16,20-22,27,29H,5-6,12,17-19H2,2-3H3. The maximum Gasteiger partial charge on any atom is 0.240 e.